The first-order valence-corrected chi connectivity index (χ1v) is 7.40. The van der Waals surface area contributed by atoms with Crippen molar-refractivity contribution in [3.8, 4) is 17.2 Å². The van der Waals surface area contributed by atoms with E-state index in [1.807, 2.05) is 12.1 Å². The maximum absolute atomic E-state index is 10.4. The summed E-state index contributed by atoms with van der Waals surface area (Å²) in [7, 11) is 4.74. The van der Waals surface area contributed by atoms with Crippen molar-refractivity contribution in [1.29, 1.82) is 0 Å². The summed E-state index contributed by atoms with van der Waals surface area (Å²) >= 11 is 0. The molecule has 118 valence electrons. The lowest BCUT2D eigenvalue weighted by atomic mass is 10.0. The Morgan fingerprint density at radius 1 is 1.05 bits per heavy atom. The Kier molecular flexibility index (Phi) is 5.70. The molecule has 5 nitrogen and oxygen atoms in total. The summed E-state index contributed by atoms with van der Waals surface area (Å²) < 4.78 is 15.9. The molecule has 1 aromatic carbocycles. The highest BCUT2D eigenvalue weighted by atomic mass is 16.5. The maximum atomic E-state index is 10.4. The minimum Gasteiger partial charge on any atom is -0.493 e. The SMILES string of the molecule is COc1cc([C@@H](O)CCN2CCCC2)cc(OC)c1OC. The van der Waals surface area contributed by atoms with Crippen LogP contribution in [0.15, 0.2) is 12.1 Å². The van der Waals surface area contributed by atoms with Crippen molar-refractivity contribution in [2.24, 2.45) is 0 Å². The van der Waals surface area contributed by atoms with E-state index in [9.17, 15) is 5.11 Å². The van der Waals surface area contributed by atoms with E-state index >= 15 is 0 Å². The van der Waals surface area contributed by atoms with E-state index in [0.717, 1.165) is 25.2 Å². The summed E-state index contributed by atoms with van der Waals surface area (Å²) in [5.74, 6) is 1.70. The van der Waals surface area contributed by atoms with Gasteiger partial charge in [-0.25, -0.2) is 0 Å². The second kappa shape index (κ2) is 7.52. The number of aliphatic hydroxyl groups excluding tert-OH is 1. The van der Waals surface area contributed by atoms with Gasteiger partial charge in [-0.05, 0) is 50.0 Å². The highest BCUT2D eigenvalue weighted by molar-refractivity contribution is 5.54. The van der Waals surface area contributed by atoms with Crippen LogP contribution in [-0.2, 0) is 0 Å². The zero-order chi connectivity index (χ0) is 15.2. The predicted molar refractivity (Wildman–Crippen MR) is 81.3 cm³/mol. The quantitative estimate of drug-likeness (QED) is 0.836. The number of hydrogen-bond donors (Lipinski definition) is 1. The molecule has 5 heteroatoms. The summed E-state index contributed by atoms with van der Waals surface area (Å²) in [6.07, 6.45) is 2.71. The number of nitrogens with zero attached hydrogens (tertiary/aromatic N) is 1. The molecular formula is C16H25NO4. The molecule has 0 spiro atoms. The van der Waals surface area contributed by atoms with Crippen LogP contribution in [0.4, 0.5) is 0 Å². The Bertz CT molecular complexity index is 433. The number of benzene rings is 1. The molecule has 21 heavy (non-hydrogen) atoms. The molecule has 0 aliphatic carbocycles. The molecule has 1 N–H and O–H groups in total. The minimum atomic E-state index is -0.528. The van der Waals surface area contributed by atoms with Gasteiger partial charge >= 0.3 is 0 Å². The largest absolute Gasteiger partial charge is 0.493 e. The van der Waals surface area contributed by atoms with Crippen molar-refractivity contribution in [1.82, 2.24) is 4.90 Å². The van der Waals surface area contributed by atoms with Crippen LogP contribution in [-0.4, -0.2) is 51.0 Å². The van der Waals surface area contributed by atoms with Crippen molar-refractivity contribution in [3.05, 3.63) is 17.7 Å². The van der Waals surface area contributed by atoms with Crippen LogP contribution in [0.25, 0.3) is 0 Å². The number of rotatable bonds is 7. The summed E-state index contributed by atoms with van der Waals surface area (Å²) in [5.41, 5.74) is 0.795. The molecule has 1 heterocycles. The molecule has 0 unspecified atom stereocenters. The van der Waals surface area contributed by atoms with Gasteiger partial charge in [0.2, 0.25) is 5.75 Å². The van der Waals surface area contributed by atoms with Gasteiger partial charge in [-0.2, -0.15) is 0 Å². The summed E-state index contributed by atoms with van der Waals surface area (Å²) in [6.45, 7) is 3.20. The third-order valence-electron chi connectivity index (χ3n) is 3.99. The Morgan fingerprint density at radius 2 is 1.62 bits per heavy atom. The van der Waals surface area contributed by atoms with Crippen LogP contribution in [0.1, 0.15) is 30.9 Å². The van der Waals surface area contributed by atoms with Gasteiger partial charge in [-0.1, -0.05) is 0 Å². The number of likely N-dealkylation sites (tertiary alicyclic amines) is 1. The molecule has 1 aromatic rings. The van der Waals surface area contributed by atoms with Gasteiger partial charge in [0, 0.05) is 6.54 Å². The Balaban J connectivity index is 2.10. The highest BCUT2D eigenvalue weighted by Crippen LogP contribution is 2.40. The van der Waals surface area contributed by atoms with Gasteiger partial charge < -0.3 is 24.2 Å². The lowest BCUT2D eigenvalue weighted by Crippen LogP contribution is -2.22. The number of ether oxygens (including phenoxy) is 3. The summed E-state index contributed by atoms with van der Waals surface area (Å²) in [6, 6.07) is 3.63. The molecule has 1 atom stereocenters. The molecule has 1 aliphatic heterocycles. The van der Waals surface area contributed by atoms with Crippen LogP contribution >= 0.6 is 0 Å². The number of hydrogen-bond acceptors (Lipinski definition) is 5. The van der Waals surface area contributed by atoms with E-state index in [4.69, 9.17) is 14.2 Å². The molecule has 1 saturated heterocycles. The molecule has 0 bridgehead atoms. The van der Waals surface area contributed by atoms with E-state index in [2.05, 4.69) is 4.90 Å². The van der Waals surface area contributed by atoms with Gasteiger partial charge in [0.25, 0.3) is 0 Å². The van der Waals surface area contributed by atoms with E-state index in [0.29, 0.717) is 23.7 Å². The van der Waals surface area contributed by atoms with Crippen molar-refractivity contribution in [3.63, 3.8) is 0 Å². The van der Waals surface area contributed by atoms with Crippen molar-refractivity contribution >= 4 is 0 Å². The van der Waals surface area contributed by atoms with E-state index in [1.165, 1.54) is 12.8 Å². The van der Waals surface area contributed by atoms with Gasteiger partial charge in [0.1, 0.15) is 0 Å². The molecule has 1 aliphatic rings. The van der Waals surface area contributed by atoms with Crippen LogP contribution in [0.5, 0.6) is 17.2 Å². The summed E-state index contributed by atoms with van der Waals surface area (Å²) in [4.78, 5) is 2.39. The molecule has 0 radical (unpaired) electrons. The fourth-order valence-electron chi connectivity index (χ4n) is 2.77. The van der Waals surface area contributed by atoms with Crippen LogP contribution in [0.2, 0.25) is 0 Å². The fourth-order valence-corrected chi connectivity index (χ4v) is 2.77. The van der Waals surface area contributed by atoms with E-state index in [1.54, 1.807) is 21.3 Å². The Morgan fingerprint density at radius 3 is 2.10 bits per heavy atom. The molecule has 0 amide bonds. The van der Waals surface area contributed by atoms with Crippen molar-refractivity contribution < 1.29 is 19.3 Å². The Hall–Kier alpha value is -1.46. The second-order valence-corrected chi connectivity index (χ2v) is 5.31. The van der Waals surface area contributed by atoms with Gasteiger partial charge in [-0.15, -0.1) is 0 Å². The second-order valence-electron chi connectivity index (χ2n) is 5.31. The average Bonchev–Trinajstić information content (AvgIpc) is 3.04. The molecule has 2 rings (SSSR count). The lowest BCUT2D eigenvalue weighted by molar-refractivity contribution is 0.148. The average molecular weight is 295 g/mol. The van der Waals surface area contributed by atoms with Crippen LogP contribution in [0.3, 0.4) is 0 Å². The first kappa shape index (κ1) is 15.9. The van der Waals surface area contributed by atoms with Crippen molar-refractivity contribution in [2.75, 3.05) is 41.0 Å². The van der Waals surface area contributed by atoms with E-state index in [-0.39, 0.29) is 0 Å². The third kappa shape index (κ3) is 3.80. The molecule has 1 fully saturated rings. The zero-order valence-electron chi connectivity index (χ0n) is 13.1. The van der Waals surface area contributed by atoms with Crippen molar-refractivity contribution in [2.45, 2.75) is 25.4 Å². The molecular weight excluding hydrogens is 270 g/mol. The third-order valence-corrected chi connectivity index (χ3v) is 3.99. The fraction of sp³-hybridized carbons (Fsp3) is 0.625. The first-order chi connectivity index (χ1) is 10.2. The van der Waals surface area contributed by atoms with Gasteiger partial charge in [-0.3, -0.25) is 0 Å². The molecule has 0 aromatic heterocycles. The number of methoxy groups -OCH3 is 3. The monoisotopic (exact) mass is 295 g/mol. The Labute approximate surface area is 126 Å². The predicted octanol–water partition coefficient (Wildman–Crippen LogP) is 2.23. The lowest BCUT2D eigenvalue weighted by Gasteiger charge is -2.19. The van der Waals surface area contributed by atoms with Gasteiger partial charge in [0.05, 0.1) is 27.4 Å². The first-order valence-electron chi connectivity index (χ1n) is 7.40. The smallest absolute Gasteiger partial charge is 0.203 e. The standard InChI is InChI=1S/C16H25NO4/c1-19-14-10-12(11-15(20-2)16(14)21-3)13(18)6-9-17-7-4-5-8-17/h10-11,13,18H,4-9H2,1-3H3/t13-/m0/s1. The number of aliphatic hydroxyl groups is 1. The zero-order valence-corrected chi connectivity index (χ0v) is 13.1. The van der Waals surface area contributed by atoms with Gasteiger partial charge in [0.15, 0.2) is 11.5 Å². The summed E-state index contributed by atoms with van der Waals surface area (Å²) in [5, 5.41) is 10.4. The van der Waals surface area contributed by atoms with Crippen LogP contribution in [0, 0.1) is 0 Å². The minimum absolute atomic E-state index is 0.528. The van der Waals surface area contributed by atoms with Crippen LogP contribution < -0.4 is 14.2 Å². The van der Waals surface area contributed by atoms with E-state index < -0.39 is 6.10 Å². The normalized spacial score (nSPS) is 16.8. The molecule has 0 saturated carbocycles. The highest BCUT2D eigenvalue weighted by Gasteiger charge is 2.19. The maximum Gasteiger partial charge on any atom is 0.203 e. The topological polar surface area (TPSA) is 51.2 Å².